The van der Waals surface area contributed by atoms with Gasteiger partial charge in [0.15, 0.2) is 0 Å². The third-order valence-corrected chi connectivity index (χ3v) is 3.27. The van der Waals surface area contributed by atoms with Crippen LogP contribution in [0.15, 0.2) is 64.1 Å². The van der Waals surface area contributed by atoms with Gasteiger partial charge in [0.05, 0.1) is 0 Å². The predicted molar refractivity (Wildman–Crippen MR) is 79.6 cm³/mol. The molecule has 3 rings (SSSR count). The molecule has 1 aliphatic carbocycles. The van der Waals surface area contributed by atoms with Crippen LogP contribution in [0.4, 0.5) is 0 Å². The summed E-state index contributed by atoms with van der Waals surface area (Å²) in [5, 5.41) is 3.28. The van der Waals surface area contributed by atoms with E-state index in [1.807, 2.05) is 30.3 Å². The van der Waals surface area contributed by atoms with Crippen molar-refractivity contribution in [2.75, 3.05) is 0 Å². The van der Waals surface area contributed by atoms with Crippen LogP contribution in [-0.2, 0) is 0 Å². The second kappa shape index (κ2) is 5.41. The summed E-state index contributed by atoms with van der Waals surface area (Å²) in [5.41, 5.74) is 1.64. The number of aliphatic imine (C=N–C) groups is 2. The topological polar surface area (TPSA) is 36.8 Å². The predicted octanol–water partition coefficient (Wildman–Crippen LogP) is 3.23. The van der Waals surface area contributed by atoms with Gasteiger partial charge in [-0.2, -0.15) is 0 Å². The van der Waals surface area contributed by atoms with Gasteiger partial charge < -0.3 is 5.32 Å². The first-order valence-corrected chi connectivity index (χ1v) is 6.75. The highest BCUT2D eigenvalue weighted by Crippen LogP contribution is 2.17. The molecular weight excluding hydrogens is 258 g/mol. The van der Waals surface area contributed by atoms with Crippen LogP contribution in [0.5, 0.6) is 0 Å². The van der Waals surface area contributed by atoms with E-state index in [0.29, 0.717) is 0 Å². The molecule has 1 heterocycles. The van der Waals surface area contributed by atoms with Crippen molar-refractivity contribution in [2.24, 2.45) is 9.98 Å². The van der Waals surface area contributed by atoms with Crippen molar-refractivity contribution < 1.29 is 0 Å². The molecule has 1 atom stereocenters. The third kappa shape index (κ3) is 2.76. The zero-order valence-electron chi connectivity index (χ0n) is 10.4. The van der Waals surface area contributed by atoms with E-state index < -0.39 is 5.62 Å². The SMILES string of the molecule is ClC1N=C(C2=CC=CCC2)NC(c2ccccc2)=N1. The normalized spacial score (nSPS) is 22.2. The Morgan fingerprint density at radius 2 is 1.89 bits per heavy atom. The molecule has 1 aliphatic heterocycles. The molecule has 1 N–H and O–H groups in total. The molecule has 3 nitrogen and oxygen atoms in total. The molecule has 0 spiro atoms. The van der Waals surface area contributed by atoms with E-state index in [2.05, 4.69) is 33.5 Å². The molecule has 0 saturated heterocycles. The molecule has 1 aromatic rings. The number of amidine groups is 2. The minimum atomic E-state index is -0.557. The van der Waals surface area contributed by atoms with Gasteiger partial charge in [-0.3, -0.25) is 0 Å². The summed E-state index contributed by atoms with van der Waals surface area (Å²) in [5.74, 6) is 1.61. The Labute approximate surface area is 117 Å². The fourth-order valence-corrected chi connectivity index (χ4v) is 2.32. The van der Waals surface area contributed by atoms with Crippen LogP contribution in [0.2, 0.25) is 0 Å². The van der Waals surface area contributed by atoms with Crippen molar-refractivity contribution in [2.45, 2.75) is 18.5 Å². The molecule has 96 valence electrons. The van der Waals surface area contributed by atoms with Crippen molar-refractivity contribution in [3.63, 3.8) is 0 Å². The number of benzene rings is 1. The first-order valence-electron chi connectivity index (χ1n) is 6.31. The summed E-state index contributed by atoms with van der Waals surface area (Å²) in [4.78, 5) is 8.70. The van der Waals surface area contributed by atoms with Crippen molar-refractivity contribution in [1.82, 2.24) is 5.32 Å². The van der Waals surface area contributed by atoms with Crippen molar-refractivity contribution in [1.29, 1.82) is 0 Å². The van der Waals surface area contributed by atoms with Gasteiger partial charge in [0.25, 0.3) is 0 Å². The van der Waals surface area contributed by atoms with Gasteiger partial charge in [0.1, 0.15) is 11.7 Å². The summed E-state index contributed by atoms with van der Waals surface area (Å²) >= 11 is 6.11. The minimum Gasteiger partial charge on any atom is -0.325 e. The fourth-order valence-electron chi connectivity index (χ4n) is 2.12. The number of nitrogens with zero attached hydrogens (tertiary/aromatic N) is 2. The summed E-state index contributed by atoms with van der Waals surface area (Å²) in [7, 11) is 0. The number of halogens is 1. The Morgan fingerprint density at radius 1 is 1.11 bits per heavy atom. The summed E-state index contributed by atoms with van der Waals surface area (Å²) in [6, 6.07) is 9.96. The van der Waals surface area contributed by atoms with Crippen LogP contribution in [0.3, 0.4) is 0 Å². The van der Waals surface area contributed by atoms with Crippen LogP contribution in [0.25, 0.3) is 0 Å². The smallest absolute Gasteiger partial charge is 0.219 e. The summed E-state index contributed by atoms with van der Waals surface area (Å²) in [6.07, 6.45) is 8.30. The molecule has 0 radical (unpaired) electrons. The van der Waals surface area contributed by atoms with E-state index in [-0.39, 0.29) is 0 Å². The van der Waals surface area contributed by atoms with Gasteiger partial charge in [0, 0.05) is 5.56 Å². The van der Waals surface area contributed by atoms with Crippen LogP contribution in [0.1, 0.15) is 18.4 Å². The highest BCUT2D eigenvalue weighted by Gasteiger charge is 2.18. The van der Waals surface area contributed by atoms with E-state index >= 15 is 0 Å². The van der Waals surface area contributed by atoms with Gasteiger partial charge in [-0.1, -0.05) is 60.2 Å². The first-order chi connectivity index (χ1) is 9.33. The number of rotatable bonds is 2. The Bertz CT molecular complexity index is 585. The second-order valence-electron chi connectivity index (χ2n) is 4.42. The lowest BCUT2D eigenvalue weighted by atomic mass is 10.0. The molecule has 0 bridgehead atoms. The molecule has 2 aliphatic rings. The van der Waals surface area contributed by atoms with Crippen LogP contribution in [0, 0.1) is 0 Å². The number of alkyl halides is 1. The van der Waals surface area contributed by atoms with Gasteiger partial charge in [0.2, 0.25) is 5.62 Å². The van der Waals surface area contributed by atoms with E-state index in [9.17, 15) is 0 Å². The van der Waals surface area contributed by atoms with E-state index in [1.165, 1.54) is 5.57 Å². The molecule has 0 saturated carbocycles. The number of allylic oxidation sites excluding steroid dienone is 3. The van der Waals surface area contributed by atoms with Crippen molar-refractivity contribution in [3.8, 4) is 0 Å². The largest absolute Gasteiger partial charge is 0.325 e. The van der Waals surface area contributed by atoms with Gasteiger partial charge in [-0.05, 0) is 18.4 Å². The molecule has 0 amide bonds. The maximum atomic E-state index is 6.11. The number of hydrogen-bond donors (Lipinski definition) is 1. The van der Waals surface area contributed by atoms with Crippen LogP contribution in [-0.4, -0.2) is 17.3 Å². The van der Waals surface area contributed by atoms with Crippen molar-refractivity contribution in [3.05, 3.63) is 59.7 Å². The van der Waals surface area contributed by atoms with Gasteiger partial charge >= 0.3 is 0 Å². The Kier molecular flexibility index (Phi) is 3.47. The number of nitrogens with one attached hydrogen (secondary N) is 1. The Hall–Kier alpha value is -1.87. The summed E-state index contributed by atoms with van der Waals surface area (Å²) in [6.45, 7) is 0. The average molecular weight is 272 g/mol. The van der Waals surface area contributed by atoms with Crippen LogP contribution >= 0.6 is 11.6 Å². The molecule has 1 aromatic carbocycles. The van der Waals surface area contributed by atoms with E-state index in [0.717, 1.165) is 30.1 Å². The molecule has 1 unspecified atom stereocenters. The Balaban J connectivity index is 1.87. The molecule has 0 fully saturated rings. The lowest BCUT2D eigenvalue weighted by molar-refractivity contribution is 0.907. The Morgan fingerprint density at radius 3 is 2.63 bits per heavy atom. The average Bonchev–Trinajstić information content (AvgIpc) is 2.48. The zero-order chi connectivity index (χ0) is 13.1. The lowest BCUT2D eigenvalue weighted by Gasteiger charge is -2.21. The first kappa shape index (κ1) is 12.2. The second-order valence-corrected chi connectivity index (χ2v) is 4.81. The lowest BCUT2D eigenvalue weighted by Crippen LogP contribution is -2.37. The summed E-state index contributed by atoms with van der Waals surface area (Å²) < 4.78 is 0. The van der Waals surface area contributed by atoms with Gasteiger partial charge in [-0.15, -0.1) is 0 Å². The molecule has 19 heavy (non-hydrogen) atoms. The standard InChI is InChI=1S/C15H14ClN3/c16-15-18-13(11-7-3-1-4-8-11)17-14(19-15)12-9-5-2-6-10-12/h1-5,7-9,15H,6,10H2,(H,17,18,19). The monoisotopic (exact) mass is 271 g/mol. The molecular formula is C15H14ClN3. The zero-order valence-corrected chi connectivity index (χ0v) is 11.1. The van der Waals surface area contributed by atoms with E-state index in [4.69, 9.17) is 11.6 Å². The maximum Gasteiger partial charge on any atom is 0.219 e. The van der Waals surface area contributed by atoms with Gasteiger partial charge in [-0.25, -0.2) is 9.98 Å². The quantitative estimate of drug-likeness (QED) is 0.651. The highest BCUT2D eigenvalue weighted by atomic mass is 35.5. The number of hydrogen-bond acceptors (Lipinski definition) is 3. The van der Waals surface area contributed by atoms with Crippen LogP contribution < -0.4 is 5.32 Å². The maximum absolute atomic E-state index is 6.11. The van der Waals surface area contributed by atoms with Crippen molar-refractivity contribution >= 4 is 23.3 Å². The minimum absolute atomic E-state index is 0.557. The molecule has 0 aromatic heterocycles. The fraction of sp³-hybridized carbons (Fsp3) is 0.200. The third-order valence-electron chi connectivity index (χ3n) is 3.07. The highest BCUT2D eigenvalue weighted by molar-refractivity contribution is 6.25. The van der Waals surface area contributed by atoms with E-state index in [1.54, 1.807) is 0 Å². The molecule has 4 heteroatoms.